The van der Waals surface area contributed by atoms with Gasteiger partial charge in [0.15, 0.2) is 5.96 Å². The van der Waals surface area contributed by atoms with Crippen LogP contribution in [0, 0.1) is 0 Å². The number of rotatable bonds is 7. The SMILES string of the molecule is CCCN=C(NCC)NCCC(C)c1ccccc1.I. The Hall–Kier alpha value is -0.780. The van der Waals surface area contributed by atoms with Gasteiger partial charge >= 0.3 is 0 Å². The fourth-order valence-corrected chi connectivity index (χ4v) is 1.92. The van der Waals surface area contributed by atoms with Crippen LogP contribution in [0.2, 0.25) is 0 Å². The molecule has 114 valence electrons. The fraction of sp³-hybridized carbons (Fsp3) is 0.562. The molecule has 0 spiro atoms. The zero-order valence-electron chi connectivity index (χ0n) is 12.9. The smallest absolute Gasteiger partial charge is 0.191 e. The summed E-state index contributed by atoms with van der Waals surface area (Å²) in [6.07, 6.45) is 2.19. The maximum atomic E-state index is 4.50. The quantitative estimate of drug-likeness (QED) is 0.423. The van der Waals surface area contributed by atoms with Crippen molar-refractivity contribution in [3.8, 4) is 0 Å². The summed E-state index contributed by atoms with van der Waals surface area (Å²) in [6.45, 7) is 9.24. The van der Waals surface area contributed by atoms with Crippen LogP contribution in [-0.4, -0.2) is 25.6 Å². The standard InChI is InChI=1S/C16H27N3.HI/c1-4-12-18-16(17-5-2)19-13-11-14(3)15-9-7-6-8-10-15;/h6-10,14H,4-5,11-13H2,1-3H3,(H2,17,18,19);1H. The first-order valence-corrected chi connectivity index (χ1v) is 7.35. The van der Waals surface area contributed by atoms with Crippen molar-refractivity contribution >= 4 is 29.9 Å². The van der Waals surface area contributed by atoms with Crippen molar-refractivity contribution in [3.05, 3.63) is 35.9 Å². The lowest BCUT2D eigenvalue weighted by molar-refractivity contribution is 0.652. The van der Waals surface area contributed by atoms with Gasteiger partial charge in [0, 0.05) is 19.6 Å². The van der Waals surface area contributed by atoms with Crippen LogP contribution in [-0.2, 0) is 0 Å². The molecule has 1 rings (SSSR count). The van der Waals surface area contributed by atoms with Crippen LogP contribution >= 0.6 is 24.0 Å². The predicted octanol–water partition coefficient (Wildman–Crippen LogP) is 3.76. The van der Waals surface area contributed by atoms with Crippen LogP contribution in [0.15, 0.2) is 35.3 Å². The Balaban J connectivity index is 0.00000361. The third-order valence-electron chi connectivity index (χ3n) is 3.08. The van der Waals surface area contributed by atoms with Gasteiger partial charge in [-0.1, -0.05) is 44.2 Å². The van der Waals surface area contributed by atoms with E-state index in [2.05, 4.69) is 66.7 Å². The summed E-state index contributed by atoms with van der Waals surface area (Å²) in [6, 6.07) is 10.7. The highest BCUT2D eigenvalue weighted by Gasteiger charge is 2.04. The third kappa shape index (κ3) is 7.72. The van der Waals surface area contributed by atoms with E-state index in [-0.39, 0.29) is 24.0 Å². The van der Waals surface area contributed by atoms with Crippen LogP contribution in [0.4, 0.5) is 0 Å². The van der Waals surface area contributed by atoms with E-state index in [1.165, 1.54) is 5.56 Å². The zero-order chi connectivity index (χ0) is 13.9. The Morgan fingerprint density at radius 2 is 1.85 bits per heavy atom. The average molecular weight is 389 g/mol. The number of benzene rings is 1. The van der Waals surface area contributed by atoms with Crippen molar-refractivity contribution < 1.29 is 0 Å². The molecule has 0 saturated carbocycles. The van der Waals surface area contributed by atoms with Crippen molar-refractivity contribution in [3.63, 3.8) is 0 Å². The molecule has 0 aliphatic carbocycles. The predicted molar refractivity (Wildman–Crippen MR) is 99.2 cm³/mol. The van der Waals surface area contributed by atoms with Crippen molar-refractivity contribution in [2.24, 2.45) is 4.99 Å². The molecule has 0 aliphatic rings. The second-order valence-corrected chi connectivity index (χ2v) is 4.79. The average Bonchev–Trinajstić information content (AvgIpc) is 2.45. The monoisotopic (exact) mass is 389 g/mol. The highest BCUT2D eigenvalue weighted by atomic mass is 127. The van der Waals surface area contributed by atoms with E-state index in [1.807, 2.05) is 0 Å². The van der Waals surface area contributed by atoms with Crippen molar-refractivity contribution in [2.45, 2.75) is 39.5 Å². The van der Waals surface area contributed by atoms with Gasteiger partial charge in [0.05, 0.1) is 0 Å². The van der Waals surface area contributed by atoms with Crippen LogP contribution in [0.1, 0.15) is 45.1 Å². The molecule has 0 heterocycles. The molecule has 1 aromatic rings. The van der Waals surface area contributed by atoms with E-state index in [4.69, 9.17) is 0 Å². The molecule has 1 aromatic carbocycles. The molecule has 0 bridgehead atoms. The molecule has 0 fully saturated rings. The number of hydrogen-bond donors (Lipinski definition) is 2. The van der Waals surface area contributed by atoms with Crippen LogP contribution < -0.4 is 10.6 Å². The summed E-state index contributed by atoms with van der Waals surface area (Å²) in [4.78, 5) is 4.50. The van der Waals surface area contributed by atoms with Crippen LogP contribution in [0.3, 0.4) is 0 Å². The van der Waals surface area contributed by atoms with Gasteiger partial charge in [-0.3, -0.25) is 4.99 Å². The van der Waals surface area contributed by atoms with E-state index >= 15 is 0 Å². The number of nitrogens with one attached hydrogen (secondary N) is 2. The minimum Gasteiger partial charge on any atom is -0.357 e. The Bertz CT molecular complexity index is 365. The Morgan fingerprint density at radius 3 is 2.45 bits per heavy atom. The highest BCUT2D eigenvalue weighted by molar-refractivity contribution is 14.0. The van der Waals surface area contributed by atoms with E-state index in [1.54, 1.807) is 0 Å². The molecule has 1 atom stereocenters. The number of hydrogen-bond acceptors (Lipinski definition) is 1. The van der Waals surface area contributed by atoms with Gasteiger partial charge < -0.3 is 10.6 Å². The maximum absolute atomic E-state index is 4.50. The number of aliphatic imine (C=N–C) groups is 1. The summed E-state index contributed by atoms with van der Waals surface area (Å²) in [7, 11) is 0. The van der Waals surface area contributed by atoms with Crippen LogP contribution in [0.5, 0.6) is 0 Å². The first kappa shape index (κ1) is 19.2. The highest BCUT2D eigenvalue weighted by Crippen LogP contribution is 2.17. The van der Waals surface area contributed by atoms with E-state index in [0.717, 1.165) is 38.4 Å². The molecule has 0 radical (unpaired) electrons. The largest absolute Gasteiger partial charge is 0.357 e. The fourth-order valence-electron chi connectivity index (χ4n) is 1.92. The van der Waals surface area contributed by atoms with Gasteiger partial charge in [0.25, 0.3) is 0 Å². The summed E-state index contributed by atoms with van der Waals surface area (Å²) in [5.41, 5.74) is 1.40. The summed E-state index contributed by atoms with van der Waals surface area (Å²) in [5, 5.41) is 6.66. The number of halogens is 1. The van der Waals surface area contributed by atoms with Crippen molar-refractivity contribution in [1.29, 1.82) is 0 Å². The van der Waals surface area contributed by atoms with Gasteiger partial charge in [0.1, 0.15) is 0 Å². The Labute approximate surface area is 140 Å². The van der Waals surface area contributed by atoms with Crippen molar-refractivity contribution in [2.75, 3.05) is 19.6 Å². The summed E-state index contributed by atoms with van der Waals surface area (Å²) in [5.74, 6) is 1.51. The molecular formula is C16H28IN3. The summed E-state index contributed by atoms with van der Waals surface area (Å²) < 4.78 is 0. The molecular weight excluding hydrogens is 361 g/mol. The molecule has 4 heteroatoms. The molecule has 3 nitrogen and oxygen atoms in total. The first-order valence-electron chi connectivity index (χ1n) is 7.35. The summed E-state index contributed by atoms with van der Waals surface area (Å²) >= 11 is 0. The molecule has 2 N–H and O–H groups in total. The normalized spacial score (nSPS) is 12.4. The third-order valence-corrected chi connectivity index (χ3v) is 3.08. The number of guanidine groups is 1. The topological polar surface area (TPSA) is 36.4 Å². The molecule has 20 heavy (non-hydrogen) atoms. The molecule has 0 aromatic heterocycles. The minimum absolute atomic E-state index is 0. The number of nitrogens with zero attached hydrogens (tertiary/aromatic N) is 1. The lowest BCUT2D eigenvalue weighted by atomic mass is 9.98. The van der Waals surface area contributed by atoms with Gasteiger partial charge in [-0.2, -0.15) is 0 Å². The molecule has 0 amide bonds. The van der Waals surface area contributed by atoms with Gasteiger partial charge in [-0.15, -0.1) is 24.0 Å². The van der Waals surface area contributed by atoms with E-state index < -0.39 is 0 Å². The van der Waals surface area contributed by atoms with E-state index in [9.17, 15) is 0 Å². The zero-order valence-corrected chi connectivity index (χ0v) is 15.2. The Kier molecular flexibility index (Phi) is 11.5. The molecule has 0 aliphatic heterocycles. The maximum Gasteiger partial charge on any atom is 0.191 e. The van der Waals surface area contributed by atoms with Crippen LogP contribution in [0.25, 0.3) is 0 Å². The Morgan fingerprint density at radius 1 is 1.15 bits per heavy atom. The minimum atomic E-state index is 0. The molecule has 0 saturated heterocycles. The van der Waals surface area contributed by atoms with Gasteiger partial charge in [0.2, 0.25) is 0 Å². The molecule has 1 unspecified atom stereocenters. The second kappa shape index (κ2) is 12.0. The lowest BCUT2D eigenvalue weighted by Crippen LogP contribution is -2.38. The van der Waals surface area contributed by atoms with Crippen molar-refractivity contribution in [1.82, 2.24) is 10.6 Å². The lowest BCUT2D eigenvalue weighted by Gasteiger charge is -2.15. The van der Waals surface area contributed by atoms with Gasteiger partial charge in [-0.25, -0.2) is 0 Å². The van der Waals surface area contributed by atoms with E-state index in [0.29, 0.717) is 5.92 Å². The van der Waals surface area contributed by atoms with Gasteiger partial charge in [-0.05, 0) is 31.2 Å². The second-order valence-electron chi connectivity index (χ2n) is 4.79. The first-order chi connectivity index (χ1) is 9.27.